The Balaban J connectivity index is 0.00000225. The van der Waals surface area contributed by atoms with Gasteiger partial charge in [0.1, 0.15) is 0 Å². The second-order valence-corrected chi connectivity index (χ2v) is 7.06. The third kappa shape index (κ3) is 5.69. The van der Waals surface area contributed by atoms with E-state index in [0.717, 1.165) is 12.8 Å². The van der Waals surface area contributed by atoms with Gasteiger partial charge in [0.15, 0.2) is 0 Å². The van der Waals surface area contributed by atoms with Crippen LogP contribution in [0.5, 0.6) is 0 Å². The van der Waals surface area contributed by atoms with Gasteiger partial charge in [0.25, 0.3) is 0 Å². The largest absolute Gasteiger partial charge is 4.00 e. The van der Waals surface area contributed by atoms with E-state index in [0.29, 0.717) is 0 Å². The van der Waals surface area contributed by atoms with E-state index in [2.05, 4.69) is 116 Å². The van der Waals surface area contributed by atoms with Crippen LogP contribution < -0.4 is 37.2 Å². The predicted octanol–water partition coefficient (Wildman–Crippen LogP) is -2.25. The van der Waals surface area contributed by atoms with Crippen molar-refractivity contribution in [3.05, 3.63) is 137 Å². The molecule has 0 aliphatic carbocycles. The molecule has 4 heteroatoms. The van der Waals surface area contributed by atoms with E-state index in [-0.39, 0.29) is 64.4 Å². The summed E-state index contributed by atoms with van der Waals surface area (Å²) in [7, 11) is 0. The molecule has 31 heavy (non-hydrogen) atoms. The van der Waals surface area contributed by atoms with Gasteiger partial charge in [0.05, 0.1) is 0 Å². The Morgan fingerprint density at radius 2 is 0.968 bits per heavy atom. The molecule has 0 atom stereocenters. The van der Waals surface area contributed by atoms with Crippen LogP contribution in [-0.4, -0.2) is 0 Å². The summed E-state index contributed by atoms with van der Waals surface area (Å²) in [5.74, 6) is 0. The van der Waals surface area contributed by atoms with E-state index in [9.17, 15) is 0 Å². The molecule has 0 saturated heterocycles. The van der Waals surface area contributed by atoms with Crippen LogP contribution in [0.3, 0.4) is 0 Å². The number of benzene rings is 3. The predicted molar refractivity (Wildman–Crippen MR) is 114 cm³/mol. The summed E-state index contributed by atoms with van der Waals surface area (Å²) in [6, 6.07) is 39.6. The second kappa shape index (κ2) is 13.9. The zero-order valence-corrected chi connectivity index (χ0v) is 21.3. The standard InChI is InChI=1S/C27H25.3ClH.Ti/c1-2-13-22-14-12-21-26(22)27(23-15-6-3-7-16-23,24-17-8-4-9-18-24)25-19-10-5-11-20-25;;;;/h3-12,14-21H,2,13H2,1H3;3*1H;/q-1;;;;+4/p-3. The fourth-order valence-corrected chi connectivity index (χ4v) is 4.34. The maximum atomic E-state index is 2.32. The quantitative estimate of drug-likeness (QED) is 0.159. The van der Waals surface area contributed by atoms with Gasteiger partial charge in [-0.15, -0.1) is 5.56 Å². The summed E-state index contributed by atoms with van der Waals surface area (Å²) >= 11 is 0. The van der Waals surface area contributed by atoms with Crippen molar-refractivity contribution >= 4 is 0 Å². The Labute approximate surface area is 220 Å². The summed E-state index contributed by atoms with van der Waals surface area (Å²) in [4.78, 5) is 0. The molecule has 0 nitrogen and oxygen atoms in total. The van der Waals surface area contributed by atoms with Crippen LogP contribution in [0.4, 0.5) is 0 Å². The third-order valence-electron chi connectivity index (χ3n) is 5.45. The summed E-state index contributed by atoms with van der Waals surface area (Å²) in [6.07, 6.45) is 2.24. The van der Waals surface area contributed by atoms with Gasteiger partial charge >= 0.3 is 21.7 Å². The van der Waals surface area contributed by atoms with Gasteiger partial charge in [0, 0.05) is 5.41 Å². The van der Waals surface area contributed by atoms with Gasteiger partial charge < -0.3 is 37.2 Å². The smallest absolute Gasteiger partial charge is 1.00 e. The van der Waals surface area contributed by atoms with Gasteiger partial charge in [-0.1, -0.05) is 111 Å². The van der Waals surface area contributed by atoms with Gasteiger partial charge in [0.2, 0.25) is 0 Å². The molecule has 0 N–H and O–H groups in total. The minimum Gasteiger partial charge on any atom is -1.00 e. The third-order valence-corrected chi connectivity index (χ3v) is 5.45. The van der Waals surface area contributed by atoms with Gasteiger partial charge in [-0.3, -0.25) is 0 Å². The molecule has 0 aliphatic heterocycles. The van der Waals surface area contributed by atoms with Crippen LogP contribution in [0, 0.1) is 0 Å². The molecule has 0 aromatic heterocycles. The first-order valence-corrected chi connectivity index (χ1v) is 9.79. The van der Waals surface area contributed by atoms with Crippen LogP contribution in [0.15, 0.2) is 109 Å². The molecule has 4 aromatic carbocycles. The monoisotopic (exact) mass is 502 g/mol. The summed E-state index contributed by atoms with van der Waals surface area (Å²) in [6.45, 7) is 2.26. The van der Waals surface area contributed by atoms with Crippen molar-refractivity contribution in [2.75, 3.05) is 0 Å². The van der Waals surface area contributed by atoms with Gasteiger partial charge in [-0.25, -0.2) is 12.1 Å². The molecule has 158 valence electrons. The number of hydrogen-bond acceptors (Lipinski definition) is 0. The summed E-state index contributed by atoms with van der Waals surface area (Å²) in [5.41, 5.74) is 6.46. The van der Waals surface area contributed by atoms with Crippen molar-refractivity contribution in [1.82, 2.24) is 0 Å². The molecule has 0 fully saturated rings. The van der Waals surface area contributed by atoms with Crippen molar-refractivity contribution in [2.24, 2.45) is 0 Å². The molecule has 0 bridgehead atoms. The van der Waals surface area contributed by atoms with Crippen molar-refractivity contribution in [3.63, 3.8) is 0 Å². The van der Waals surface area contributed by atoms with Crippen molar-refractivity contribution in [2.45, 2.75) is 25.2 Å². The van der Waals surface area contributed by atoms with Crippen LogP contribution in [0.1, 0.15) is 41.2 Å². The molecule has 0 heterocycles. The molecule has 0 amide bonds. The van der Waals surface area contributed by atoms with Crippen molar-refractivity contribution in [3.8, 4) is 0 Å². The van der Waals surface area contributed by atoms with E-state index in [4.69, 9.17) is 0 Å². The average molecular weight is 504 g/mol. The number of rotatable bonds is 6. The summed E-state index contributed by atoms with van der Waals surface area (Å²) < 4.78 is 0. The average Bonchev–Trinajstić information content (AvgIpc) is 3.20. The molecular formula is C27H25Cl3Ti. The van der Waals surface area contributed by atoms with Crippen LogP contribution >= 0.6 is 0 Å². The number of halogens is 3. The fraction of sp³-hybridized carbons (Fsp3) is 0.148. The SMILES string of the molecule is CCCc1ccc[c-]1C(c1ccccc1)(c1ccccc1)c1ccccc1.[Cl-].[Cl-].[Cl-].[Ti+4]. The molecule has 0 radical (unpaired) electrons. The first-order chi connectivity index (χ1) is 13.4. The van der Waals surface area contributed by atoms with E-state index in [1.807, 2.05) is 0 Å². The van der Waals surface area contributed by atoms with Crippen LogP contribution in [-0.2, 0) is 33.6 Å². The van der Waals surface area contributed by atoms with Gasteiger partial charge in [-0.05, 0) is 16.7 Å². The second-order valence-electron chi connectivity index (χ2n) is 7.06. The minimum atomic E-state index is -0.308. The Kier molecular flexibility index (Phi) is 13.3. The number of hydrogen-bond donors (Lipinski definition) is 0. The van der Waals surface area contributed by atoms with E-state index in [1.54, 1.807) is 0 Å². The molecular weight excluding hydrogens is 479 g/mol. The molecule has 4 rings (SSSR count). The molecule has 4 aromatic rings. The fourth-order valence-electron chi connectivity index (χ4n) is 4.34. The molecule has 0 aliphatic rings. The van der Waals surface area contributed by atoms with Crippen LogP contribution in [0.25, 0.3) is 0 Å². The van der Waals surface area contributed by atoms with E-state index >= 15 is 0 Å². The zero-order valence-electron chi connectivity index (χ0n) is 17.4. The Morgan fingerprint density at radius 1 is 0.581 bits per heavy atom. The minimum absolute atomic E-state index is 0. The zero-order chi connectivity index (χ0) is 18.5. The molecule has 0 spiro atoms. The first kappa shape index (κ1) is 29.6. The molecule has 0 unspecified atom stereocenters. The maximum Gasteiger partial charge on any atom is 4.00 e. The topological polar surface area (TPSA) is 0 Å². The molecule has 0 saturated carbocycles. The summed E-state index contributed by atoms with van der Waals surface area (Å²) in [5, 5.41) is 0. The van der Waals surface area contributed by atoms with E-state index in [1.165, 1.54) is 27.8 Å². The van der Waals surface area contributed by atoms with E-state index < -0.39 is 0 Å². The van der Waals surface area contributed by atoms with Crippen molar-refractivity contribution < 1.29 is 58.9 Å². The number of aryl methyl sites for hydroxylation is 1. The normalized spacial score (nSPS) is 9.97. The van der Waals surface area contributed by atoms with Crippen LogP contribution in [0.2, 0.25) is 0 Å². The van der Waals surface area contributed by atoms with Gasteiger partial charge in [-0.2, -0.15) is 11.6 Å². The Morgan fingerprint density at radius 3 is 1.32 bits per heavy atom. The Bertz CT molecular complexity index is 886. The Hall–Kier alpha value is -1.41. The maximum absolute atomic E-state index is 2.32. The first-order valence-electron chi connectivity index (χ1n) is 9.79. The van der Waals surface area contributed by atoms with Crippen molar-refractivity contribution in [1.29, 1.82) is 0 Å².